The molecule has 1 aromatic carbocycles. The van der Waals surface area contributed by atoms with Crippen molar-refractivity contribution in [2.45, 2.75) is 39.5 Å². The molecule has 2 aromatic heterocycles. The van der Waals surface area contributed by atoms with Gasteiger partial charge >= 0.3 is 7.52 Å². The molecule has 32 heavy (non-hydrogen) atoms. The number of hydrogen-bond acceptors (Lipinski definition) is 8. The van der Waals surface area contributed by atoms with Crippen LogP contribution in [-0.2, 0) is 20.6 Å². The Morgan fingerprint density at radius 1 is 1.28 bits per heavy atom. The Morgan fingerprint density at radius 2 is 2.03 bits per heavy atom. The number of anilines is 1. The number of H-pyrrole nitrogens is 1. The zero-order valence-corrected chi connectivity index (χ0v) is 19.2. The van der Waals surface area contributed by atoms with E-state index in [-0.39, 0.29) is 36.6 Å². The second kappa shape index (κ2) is 10.7. The maximum absolute atomic E-state index is 13.6. The van der Waals surface area contributed by atoms with Crippen molar-refractivity contribution in [3.63, 3.8) is 0 Å². The molecule has 0 fully saturated rings. The fourth-order valence-corrected chi connectivity index (χ4v) is 4.89. The molecule has 0 bridgehead atoms. The first-order chi connectivity index (χ1) is 15.3. The molecule has 0 saturated carbocycles. The summed E-state index contributed by atoms with van der Waals surface area (Å²) in [4.78, 5) is 22.5. The molecule has 2 unspecified atom stereocenters. The fraction of sp³-hybridized carbons (Fsp3) is 0.450. The van der Waals surface area contributed by atoms with Gasteiger partial charge in [0.25, 0.3) is 5.56 Å². The van der Waals surface area contributed by atoms with Crippen molar-refractivity contribution < 1.29 is 18.6 Å². The van der Waals surface area contributed by atoms with Crippen molar-refractivity contribution in [3.8, 4) is 5.75 Å². The first kappa shape index (κ1) is 23.9. The van der Waals surface area contributed by atoms with E-state index in [1.807, 2.05) is 26.8 Å². The van der Waals surface area contributed by atoms with E-state index in [9.17, 15) is 9.36 Å². The van der Waals surface area contributed by atoms with Gasteiger partial charge in [0.15, 0.2) is 11.2 Å². The van der Waals surface area contributed by atoms with Crippen molar-refractivity contribution >= 4 is 24.6 Å². The molecular weight excluding hydrogens is 435 g/mol. The standard InChI is InChI=1S/C20H29N6O5P/c1-4-30-15(3)14(2)25-32(28,31-16-8-6-5-7-9-16)13-29-11-10-26-12-22-17-18(26)23-20(21)24-19(17)27/h5-9,12,14-15H,4,10-11,13H2,1-3H3,(H,25,28)(H3,21,23,24,27)/t14-,15?,32?/m0/s1. The normalized spacial score (nSPS) is 15.3. The minimum atomic E-state index is -3.41. The van der Waals surface area contributed by atoms with Gasteiger partial charge in [0.2, 0.25) is 5.95 Å². The predicted octanol–water partition coefficient (Wildman–Crippen LogP) is 2.35. The second-order valence-electron chi connectivity index (χ2n) is 7.25. The molecule has 2 heterocycles. The lowest BCUT2D eigenvalue weighted by atomic mass is 10.2. The number of rotatable bonds is 12. The fourth-order valence-electron chi connectivity index (χ4n) is 3.05. The van der Waals surface area contributed by atoms with Gasteiger partial charge in [-0.2, -0.15) is 4.98 Å². The van der Waals surface area contributed by atoms with Crippen LogP contribution in [0.1, 0.15) is 20.8 Å². The molecule has 0 saturated heterocycles. The smallest absolute Gasteiger partial charge is 0.342 e. The number of nitrogens with zero attached hydrogens (tertiary/aromatic N) is 3. The number of nitrogen functional groups attached to an aromatic ring is 1. The Morgan fingerprint density at radius 3 is 2.75 bits per heavy atom. The monoisotopic (exact) mass is 464 g/mol. The highest BCUT2D eigenvalue weighted by molar-refractivity contribution is 7.57. The summed E-state index contributed by atoms with van der Waals surface area (Å²) in [5, 5.41) is 3.05. The first-order valence-electron chi connectivity index (χ1n) is 10.3. The Balaban J connectivity index is 1.66. The third kappa shape index (κ3) is 6.17. The van der Waals surface area contributed by atoms with E-state index in [0.717, 1.165) is 0 Å². The van der Waals surface area contributed by atoms with Crippen LogP contribution in [0.5, 0.6) is 5.75 Å². The quantitative estimate of drug-likeness (QED) is 0.271. The van der Waals surface area contributed by atoms with Crippen LogP contribution in [0, 0.1) is 0 Å². The molecule has 3 aromatic rings. The number of hydrogen-bond donors (Lipinski definition) is 3. The summed E-state index contributed by atoms with van der Waals surface area (Å²) in [5.74, 6) is 0.482. The molecule has 0 amide bonds. The number of ether oxygens (including phenoxy) is 2. The maximum Gasteiger partial charge on any atom is 0.342 e. The van der Waals surface area contributed by atoms with Gasteiger partial charge in [-0.1, -0.05) is 18.2 Å². The summed E-state index contributed by atoms with van der Waals surface area (Å²) < 4.78 is 32.3. The summed E-state index contributed by atoms with van der Waals surface area (Å²) in [6.07, 6.45) is 1.16. The van der Waals surface area contributed by atoms with Crippen molar-refractivity contribution in [2.24, 2.45) is 0 Å². The summed E-state index contributed by atoms with van der Waals surface area (Å²) in [6.45, 7) is 6.77. The van der Waals surface area contributed by atoms with Crippen LogP contribution in [0.25, 0.3) is 11.2 Å². The van der Waals surface area contributed by atoms with Crippen LogP contribution in [0.3, 0.4) is 0 Å². The Labute approximate surface area is 185 Å². The summed E-state index contributed by atoms with van der Waals surface area (Å²) in [5.41, 5.74) is 5.76. The summed E-state index contributed by atoms with van der Waals surface area (Å²) >= 11 is 0. The molecule has 0 aliphatic rings. The van der Waals surface area contributed by atoms with E-state index in [1.165, 1.54) is 6.33 Å². The van der Waals surface area contributed by atoms with Crippen LogP contribution in [0.2, 0.25) is 0 Å². The average Bonchev–Trinajstić information content (AvgIpc) is 3.15. The van der Waals surface area contributed by atoms with E-state index in [4.69, 9.17) is 19.7 Å². The molecular formula is C20H29N6O5P. The number of nitrogens with one attached hydrogen (secondary N) is 2. The van der Waals surface area contributed by atoms with Gasteiger partial charge in [-0.05, 0) is 32.9 Å². The zero-order valence-electron chi connectivity index (χ0n) is 18.4. The Kier molecular flexibility index (Phi) is 8.03. The van der Waals surface area contributed by atoms with E-state index in [0.29, 0.717) is 24.5 Å². The van der Waals surface area contributed by atoms with Crippen molar-refractivity contribution in [2.75, 3.05) is 25.3 Å². The van der Waals surface area contributed by atoms with Gasteiger partial charge in [0.1, 0.15) is 12.1 Å². The molecule has 0 aliphatic carbocycles. The van der Waals surface area contributed by atoms with Crippen LogP contribution >= 0.6 is 7.52 Å². The predicted molar refractivity (Wildman–Crippen MR) is 122 cm³/mol. The largest absolute Gasteiger partial charge is 0.431 e. The molecule has 0 aliphatic heterocycles. The van der Waals surface area contributed by atoms with Crippen LogP contribution in [0.15, 0.2) is 41.5 Å². The summed E-state index contributed by atoms with van der Waals surface area (Å²) in [6, 6.07) is 8.69. The van der Waals surface area contributed by atoms with E-state index in [2.05, 4.69) is 20.0 Å². The Hall–Kier alpha value is -2.72. The zero-order chi connectivity index (χ0) is 23.1. The van der Waals surface area contributed by atoms with Crippen LogP contribution < -0.4 is 20.9 Å². The molecule has 3 atom stereocenters. The van der Waals surface area contributed by atoms with Crippen LogP contribution in [-0.4, -0.2) is 51.2 Å². The van der Waals surface area contributed by atoms with Gasteiger partial charge in [-0.3, -0.25) is 14.3 Å². The Bertz CT molecular complexity index is 1120. The van der Waals surface area contributed by atoms with Crippen molar-refractivity contribution in [3.05, 3.63) is 47.0 Å². The maximum atomic E-state index is 13.6. The molecule has 0 radical (unpaired) electrons. The van der Waals surface area contributed by atoms with E-state index >= 15 is 0 Å². The van der Waals surface area contributed by atoms with Gasteiger partial charge in [-0.25, -0.2) is 10.1 Å². The number of benzene rings is 1. The molecule has 174 valence electrons. The lowest BCUT2D eigenvalue weighted by Gasteiger charge is -2.27. The number of fused-ring (bicyclic) bond motifs is 1. The highest BCUT2D eigenvalue weighted by Crippen LogP contribution is 2.43. The molecule has 11 nitrogen and oxygen atoms in total. The topological polar surface area (TPSA) is 146 Å². The van der Waals surface area contributed by atoms with Crippen LogP contribution in [0.4, 0.5) is 5.95 Å². The van der Waals surface area contributed by atoms with Crippen molar-refractivity contribution in [1.82, 2.24) is 24.6 Å². The number of para-hydroxylation sites is 1. The minimum absolute atomic E-state index is 0.00698. The lowest BCUT2D eigenvalue weighted by Crippen LogP contribution is -2.37. The van der Waals surface area contributed by atoms with E-state index < -0.39 is 13.1 Å². The third-order valence-corrected chi connectivity index (χ3v) is 6.59. The number of nitrogens with two attached hydrogens (primary N) is 1. The molecule has 4 N–H and O–H groups in total. The SMILES string of the molecule is CCOC(C)[C@H](C)NP(=O)(COCCn1cnc2c(=O)[nH]c(N)nc21)Oc1ccccc1. The molecule has 3 rings (SSSR count). The molecule has 0 spiro atoms. The number of aromatic amines is 1. The van der Waals surface area contributed by atoms with E-state index in [1.54, 1.807) is 28.8 Å². The van der Waals surface area contributed by atoms with Gasteiger partial charge in [-0.15, -0.1) is 0 Å². The first-order valence-corrected chi connectivity index (χ1v) is 12.1. The highest BCUT2D eigenvalue weighted by atomic mass is 31.2. The lowest BCUT2D eigenvalue weighted by molar-refractivity contribution is 0.0564. The number of imidazole rings is 1. The average molecular weight is 464 g/mol. The van der Waals surface area contributed by atoms with Crippen molar-refractivity contribution in [1.29, 1.82) is 0 Å². The molecule has 12 heteroatoms. The van der Waals surface area contributed by atoms with Gasteiger partial charge < -0.3 is 24.3 Å². The third-order valence-electron chi connectivity index (χ3n) is 4.76. The van der Waals surface area contributed by atoms with Gasteiger partial charge in [0.05, 0.1) is 19.0 Å². The summed E-state index contributed by atoms with van der Waals surface area (Å²) in [7, 11) is -3.41. The number of aromatic nitrogens is 4. The minimum Gasteiger partial charge on any atom is -0.431 e. The second-order valence-corrected chi connectivity index (χ2v) is 9.30. The highest BCUT2D eigenvalue weighted by Gasteiger charge is 2.29. The van der Waals surface area contributed by atoms with Gasteiger partial charge in [0, 0.05) is 19.2 Å².